The van der Waals surface area contributed by atoms with Gasteiger partial charge in [0, 0.05) is 73.2 Å². The van der Waals surface area contributed by atoms with Gasteiger partial charge in [-0.2, -0.15) is 0 Å². The standard InChI is InChI=1S/C74H85N13O16/c1-41(2)65(80-63(91)35-77-62(90)34-76-61(89)21-22-64(92)84-37-46-13-8-9-14-49(46)67-66(81-82-87(67)42(3)4)50-15-10-11-16-54(50)84)69(94)78-43(5)68(93)79-47-19-17-44(18-20-47)39-103-73(98)86-55-31-60(58(100-7)29-52(55)71(96)85-40-74(23-24-74)32-56(85)72(86)97)102-26-12-25-101-59-30-53-51(28-57(59)99-6)70(95)83-36-45(38-88)27-48(83)33-75-53/h8-11,13-20,28-31,33,36,41-43,48,56,65,72,81-82,88,97H,12,21-27,32,34-35,37-40H2,1-7H3,(H,76,89)(H,77,90)(H,78,94)(H,79,93)(H,80,91)/t43-,48-,56-,65-,72?/m0/s1. The Hall–Kier alpha value is -11.0. The number of benzene rings is 5. The van der Waals surface area contributed by atoms with Gasteiger partial charge in [-0.05, 0) is 105 Å². The van der Waals surface area contributed by atoms with Gasteiger partial charge in [-0.3, -0.25) is 48.4 Å². The topological polar surface area (TPSA) is 353 Å². The molecular formula is C74H85N13O16. The van der Waals surface area contributed by atoms with Gasteiger partial charge in [0.05, 0.1) is 105 Å². The minimum absolute atomic E-state index is 0.0461. The third kappa shape index (κ3) is 15.4. The average Bonchev–Trinajstić information content (AvgIpc) is 1.58. The highest BCUT2D eigenvalue weighted by Gasteiger charge is 2.58. The molecule has 103 heavy (non-hydrogen) atoms. The van der Waals surface area contributed by atoms with Crippen LogP contribution in [0.15, 0.2) is 114 Å². The van der Waals surface area contributed by atoms with E-state index in [2.05, 4.69) is 61.4 Å². The molecule has 5 atom stereocenters. The van der Waals surface area contributed by atoms with E-state index in [1.807, 2.05) is 48.5 Å². The molecule has 0 bridgehead atoms. The lowest BCUT2D eigenvalue weighted by Crippen LogP contribution is -2.55. The highest BCUT2D eigenvalue weighted by atomic mass is 16.6. The Bertz CT molecular complexity index is 4270. The molecule has 6 aliphatic heterocycles. The summed E-state index contributed by atoms with van der Waals surface area (Å²) in [5, 5.41) is 36.8. The summed E-state index contributed by atoms with van der Waals surface area (Å²) in [6, 6.07) is 24.8. The van der Waals surface area contributed by atoms with Crippen LogP contribution < -0.4 is 66.3 Å². The van der Waals surface area contributed by atoms with Gasteiger partial charge in [-0.25, -0.2) is 9.69 Å². The molecule has 9 N–H and O–H groups in total. The van der Waals surface area contributed by atoms with Gasteiger partial charge < -0.3 is 80.6 Å². The molecule has 1 saturated carbocycles. The van der Waals surface area contributed by atoms with Crippen LogP contribution in [0.25, 0.3) is 11.4 Å². The molecule has 2 fully saturated rings. The predicted molar refractivity (Wildman–Crippen MR) is 378 cm³/mol. The highest BCUT2D eigenvalue weighted by Crippen LogP contribution is 2.57. The number of hydrogen-bond acceptors (Lipinski definition) is 20. The van der Waals surface area contributed by atoms with Crippen molar-refractivity contribution in [1.29, 1.82) is 0 Å². The fraction of sp³-hybridized carbons (Fsp3) is 0.405. The third-order valence-electron chi connectivity index (χ3n) is 19.4. The smallest absolute Gasteiger partial charge is 0.416 e. The Kier molecular flexibility index (Phi) is 21.4. The zero-order valence-electron chi connectivity index (χ0n) is 58.3. The molecule has 0 radical (unpaired) electrons. The molecule has 5 aromatic carbocycles. The van der Waals surface area contributed by atoms with Crippen LogP contribution in [-0.2, 0) is 46.7 Å². The van der Waals surface area contributed by atoms with Crippen LogP contribution in [0, 0.1) is 11.3 Å². The first kappa shape index (κ1) is 71.8. The lowest BCUT2D eigenvalue weighted by Gasteiger charge is -2.31. The van der Waals surface area contributed by atoms with Gasteiger partial charge in [0.15, 0.2) is 29.2 Å². The van der Waals surface area contributed by atoms with Crippen molar-refractivity contribution < 1.29 is 77.0 Å². The number of aliphatic hydroxyl groups excluding tert-OH is 2. The molecule has 1 saturated heterocycles. The molecule has 29 heteroatoms. The van der Waals surface area contributed by atoms with E-state index < -0.39 is 79.0 Å². The van der Waals surface area contributed by atoms with E-state index in [-0.39, 0.29) is 104 Å². The normalized spacial score (nSPS) is 18.6. The van der Waals surface area contributed by atoms with Crippen LogP contribution in [0.3, 0.4) is 0 Å². The van der Waals surface area contributed by atoms with E-state index in [1.54, 1.807) is 77.4 Å². The molecule has 542 valence electrons. The second-order valence-electron chi connectivity index (χ2n) is 27.2. The van der Waals surface area contributed by atoms with Crippen molar-refractivity contribution in [1.82, 2.24) is 47.0 Å². The fourth-order valence-electron chi connectivity index (χ4n) is 13.6. The maximum absolute atomic E-state index is 14.5. The number of carbonyl (C=O) groups is 9. The van der Waals surface area contributed by atoms with Crippen LogP contribution in [0.1, 0.15) is 123 Å². The van der Waals surface area contributed by atoms with Gasteiger partial charge in [-0.1, -0.05) is 68.4 Å². The first-order valence-corrected chi connectivity index (χ1v) is 34.4. The summed E-state index contributed by atoms with van der Waals surface area (Å²) in [4.78, 5) is 133. The third-order valence-corrected chi connectivity index (χ3v) is 19.4. The number of hydrazine groups is 2. The van der Waals surface area contributed by atoms with Gasteiger partial charge >= 0.3 is 6.09 Å². The van der Waals surface area contributed by atoms with E-state index >= 15 is 0 Å². The van der Waals surface area contributed by atoms with Crippen LogP contribution >= 0.6 is 0 Å². The fourth-order valence-corrected chi connectivity index (χ4v) is 13.6. The molecule has 0 aromatic heterocycles. The minimum atomic E-state index is -1.51. The summed E-state index contributed by atoms with van der Waals surface area (Å²) in [6.07, 6.45) is 3.54. The molecule has 9 amide bonds. The summed E-state index contributed by atoms with van der Waals surface area (Å²) < 4.78 is 29.6. The first-order chi connectivity index (χ1) is 49.6. The number of nitrogens with zero attached hydrogens (tertiary/aromatic N) is 6. The number of hydrogen-bond donors (Lipinski definition) is 9. The van der Waals surface area contributed by atoms with Crippen molar-refractivity contribution in [2.45, 2.75) is 129 Å². The average molecular weight is 1410 g/mol. The molecule has 1 unspecified atom stereocenters. The molecular weight excluding hydrogens is 1330 g/mol. The number of aliphatic imine (C=N–C) groups is 1. The van der Waals surface area contributed by atoms with Crippen molar-refractivity contribution in [3.8, 4) is 23.0 Å². The molecule has 5 aromatic rings. The monoisotopic (exact) mass is 1410 g/mol. The number of carbonyl (C=O) groups excluding carboxylic acids is 9. The number of nitrogens with one attached hydrogen (secondary N) is 7. The summed E-state index contributed by atoms with van der Waals surface area (Å²) in [6.45, 7) is 8.42. The summed E-state index contributed by atoms with van der Waals surface area (Å²) in [5.41, 5.74) is 14.0. The zero-order chi connectivity index (χ0) is 73.0. The number of fused-ring (bicyclic) bond motifs is 8. The maximum atomic E-state index is 14.5. The van der Waals surface area contributed by atoms with Gasteiger partial charge in [0.2, 0.25) is 35.4 Å². The molecule has 29 nitrogen and oxygen atoms in total. The van der Waals surface area contributed by atoms with Crippen LogP contribution in [0.5, 0.6) is 23.0 Å². The van der Waals surface area contributed by atoms with Crippen LogP contribution in [0.4, 0.5) is 27.5 Å². The number of para-hydroxylation sites is 1. The van der Waals surface area contributed by atoms with E-state index in [0.29, 0.717) is 65.5 Å². The summed E-state index contributed by atoms with van der Waals surface area (Å²) in [5.74, 6) is -3.59. The summed E-state index contributed by atoms with van der Waals surface area (Å²) in [7, 11) is 2.89. The Morgan fingerprint density at radius 2 is 1.41 bits per heavy atom. The lowest BCUT2D eigenvalue weighted by atomic mass is 9.95. The molecule has 12 rings (SSSR count). The van der Waals surface area contributed by atoms with Gasteiger partial charge in [0.1, 0.15) is 18.7 Å². The quantitative estimate of drug-likeness (QED) is 0.0324. The number of anilines is 3. The van der Waals surface area contributed by atoms with Gasteiger partial charge in [-0.15, -0.1) is 5.53 Å². The molecule has 1 aliphatic carbocycles. The number of ether oxygens (including phenoxy) is 5. The van der Waals surface area contributed by atoms with E-state index in [0.717, 1.165) is 51.4 Å². The Balaban J connectivity index is 0.600. The highest BCUT2D eigenvalue weighted by molar-refractivity contribution is 6.07. The van der Waals surface area contributed by atoms with Crippen molar-refractivity contribution >= 4 is 93.7 Å². The maximum Gasteiger partial charge on any atom is 0.416 e. The second kappa shape index (κ2) is 30.7. The van der Waals surface area contributed by atoms with Crippen molar-refractivity contribution in [2.24, 2.45) is 16.3 Å². The van der Waals surface area contributed by atoms with Crippen molar-refractivity contribution in [3.63, 3.8) is 0 Å². The predicted octanol–water partition coefficient (Wildman–Crippen LogP) is 5.53. The van der Waals surface area contributed by atoms with E-state index in [1.165, 1.54) is 33.3 Å². The van der Waals surface area contributed by atoms with Crippen molar-refractivity contribution in [3.05, 3.63) is 142 Å². The molecule has 1 spiro atoms. The zero-order valence-corrected chi connectivity index (χ0v) is 58.3. The van der Waals surface area contributed by atoms with Gasteiger partial charge in [0.25, 0.3) is 11.8 Å². The molecule has 7 aliphatic rings. The number of rotatable bonds is 25. The SMILES string of the molecule is COc1cc2c(cc1OCCCOc1cc3c(cc1OC)C(=O)N1CC4(CC4)C[C@H]1C(O)N3C(=O)OCc1ccc(NC(=O)[C@H](C)NC(=O)[C@@H](NC(=O)CNC(=O)CNC(=O)CCC(=O)N3Cc4ccccc4C4=C(NNN4C(C)C)c4ccccc43)C(C)C)cc1)N=C[C@@H]1CC(CO)=CN1C2=O. The second-order valence-corrected chi connectivity index (χ2v) is 27.2. The first-order valence-electron chi connectivity index (χ1n) is 34.4. The number of methoxy groups -OCH3 is 2. The van der Waals surface area contributed by atoms with E-state index in [4.69, 9.17) is 23.7 Å². The van der Waals surface area contributed by atoms with E-state index in [9.17, 15) is 53.4 Å². The molecule has 6 heterocycles. The minimum Gasteiger partial charge on any atom is -0.493 e. The number of aliphatic hydroxyl groups is 2. The summed E-state index contributed by atoms with van der Waals surface area (Å²) >= 11 is 0. The Morgan fingerprint density at radius 1 is 0.728 bits per heavy atom. The lowest BCUT2D eigenvalue weighted by molar-refractivity contribution is -0.132. The van der Waals surface area contributed by atoms with Crippen LogP contribution in [0.2, 0.25) is 0 Å². The van der Waals surface area contributed by atoms with Crippen molar-refractivity contribution in [2.75, 3.05) is 68.8 Å². The Morgan fingerprint density at radius 3 is 2.11 bits per heavy atom. The Labute approximate surface area is 594 Å². The number of amides is 9. The largest absolute Gasteiger partial charge is 0.493 e. The van der Waals surface area contributed by atoms with Crippen LogP contribution in [-0.4, -0.2) is 175 Å².